The number of thioether (sulfide) groups is 1. The number of nitrogens with one attached hydrogen (secondary N) is 2. The highest BCUT2D eigenvalue weighted by molar-refractivity contribution is 7.99. The smallest absolute Gasteiger partial charge is 0.234 e. The van der Waals surface area contributed by atoms with Gasteiger partial charge in [0.05, 0.1) is 12.4 Å². The maximum Gasteiger partial charge on any atom is 0.234 e. The Hall–Kier alpha value is -2.21. The summed E-state index contributed by atoms with van der Waals surface area (Å²) in [7, 11) is 0. The Labute approximate surface area is 145 Å². The first-order valence-electron chi connectivity index (χ1n) is 7.87. The molecule has 0 aliphatic rings. The van der Waals surface area contributed by atoms with Crippen LogP contribution in [-0.4, -0.2) is 23.3 Å². The molecule has 0 fully saturated rings. The van der Waals surface area contributed by atoms with Crippen LogP contribution in [0, 0.1) is 6.92 Å². The van der Waals surface area contributed by atoms with Crippen LogP contribution < -0.4 is 15.5 Å². The highest BCUT2D eigenvalue weighted by Gasteiger charge is 2.05. The molecule has 2 aromatic rings. The Kier molecular flexibility index (Phi) is 6.93. The average Bonchev–Trinajstić information content (AvgIpc) is 2.56. The van der Waals surface area contributed by atoms with Gasteiger partial charge >= 0.3 is 0 Å². The lowest BCUT2D eigenvalue weighted by atomic mass is 10.2. The summed E-state index contributed by atoms with van der Waals surface area (Å²) in [5.74, 6) is 1.16. The molecule has 1 aromatic carbocycles. The quantitative estimate of drug-likeness (QED) is 0.769. The summed E-state index contributed by atoms with van der Waals surface area (Å²) in [6.07, 6.45) is 2.44. The predicted molar refractivity (Wildman–Crippen MR) is 98.8 cm³/mol. The highest BCUT2D eigenvalue weighted by atomic mass is 32.2. The van der Waals surface area contributed by atoms with Crippen molar-refractivity contribution in [2.45, 2.75) is 26.0 Å². The van der Waals surface area contributed by atoms with E-state index in [4.69, 9.17) is 4.74 Å². The van der Waals surface area contributed by atoms with E-state index in [0.29, 0.717) is 23.9 Å². The van der Waals surface area contributed by atoms with Gasteiger partial charge in [-0.25, -0.2) is 0 Å². The van der Waals surface area contributed by atoms with Crippen molar-refractivity contribution in [2.75, 3.05) is 17.7 Å². The zero-order chi connectivity index (χ0) is 17.4. The van der Waals surface area contributed by atoms with E-state index < -0.39 is 0 Å². The van der Waals surface area contributed by atoms with Gasteiger partial charge in [0.15, 0.2) is 5.75 Å². The number of hydrogen-bond acceptors (Lipinski definition) is 4. The molecule has 0 unspecified atom stereocenters. The van der Waals surface area contributed by atoms with Crippen LogP contribution in [0.1, 0.15) is 24.6 Å². The monoisotopic (exact) mass is 346 g/mol. The number of rotatable bonds is 8. The van der Waals surface area contributed by atoms with Crippen molar-refractivity contribution in [1.82, 2.24) is 4.98 Å². The molecule has 0 bridgehead atoms. The van der Waals surface area contributed by atoms with Gasteiger partial charge in [-0.1, -0.05) is 24.6 Å². The lowest BCUT2D eigenvalue weighted by molar-refractivity contribution is -0.113. The third-order valence-corrected chi connectivity index (χ3v) is 4.21. The van der Waals surface area contributed by atoms with Crippen molar-refractivity contribution >= 4 is 23.4 Å². The van der Waals surface area contributed by atoms with Crippen LogP contribution >= 0.6 is 11.8 Å². The number of aryl methyl sites for hydroxylation is 1. The maximum absolute atomic E-state index is 11.9. The van der Waals surface area contributed by atoms with Crippen LogP contribution in [-0.2, 0) is 10.5 Å². The van der Waals surface area contributed by atoms with Crippen LogP contribution in [0.15, 0.2) is 41.3 Å². The molecule has 2 N–H and O–H groups in total. The molecule has 24 heavy (non-hydrogen) atoms. The minimum absolute atomic E-state index is 0.0610. The average molecular weight is 346 g/mol. The number of pyridine rings is 1. The molecule has 5 nitrogen and oxygen atoms in total. The van der Waals surface area contributed by atoms with Crippen molar-refractivity contribution in [1.29, 1.82) is 0 Å². The summed E-state index contributed by atoms with van der Waals surface area (Å²) in [6, 6.07) is 9.19. The van der Waals surface area contributed by atoms with E-state index in [9.17, 15) is 9.59 Å². The number of ether oxygens (including phenoxy) is 1. The number of aromatic nitrogens is 1. The lowest BCUT2D eigenvalue weighted by Gasteiger charge is -2.07. The summed E-state index contributed by atoms with van der Waals surface area (Å²) in [5, 5.41) is 2.85. The molecular weight excluding hydrogens is 324 g/mol. The van der Waals surface area contributed by atoms with Gasteiger partial charge in [-0.3, -0.25) is 9.59 Å². The van der Waals surface area contributed by atoms with Gasteiger partial charge in [0.2, 0.25) is 11.3 Å². The maximum atomic E-state index is 11.9. The van der Waals surface area contributed by atoms with Crippen molar-refractivity contribution in [3.8, 4) is 5.75 Å². The molecule has 6 heteroatoms. The number of anilines is 1. The molecule has 0 spiro atoms. The van der Waals surface area contributed by atoms with E-state index in [1.807, 2.05) is 38.1 Å². The van der Waals surface area contributed by atoms with E-state index in [0.717, 1.165) is 23.4 Å². The van der Waals surface area contributed by atoms with Crippen LogP contribution in [0.5, 0.6) is 5.75 Å². The summed E-state index contributed by atoms with van der Waals surface area (Å²) in [4.78, 5) is 26.8. The fourth-order valence-electron chi connectivity index (χ4n) is 2.00. The second-order valence-electron chi connectivity index (χ2n) is 5.44. The van der Waals surface area contributed by atoms with E-state index >= 15 is 0 Å². The minimum Gasteiger partial charge on any atom is -0.488 e. The Morgan fingerprint density at radius 2 is 2.04 bits per heavy atom. The Morgan fingerprint density at radius 3 is 2.71 bits per heavy atom. The Bertz CT molecular complexity index is 726. The van der Waals surface area contributed by atoms with E-state index in [1.165, 1.54) is 17.8 Å². The number of hydrogen-bond donors (Lipinski definition) is 2. The standard InChI is InChI=1S/C18H22N2O3S/c1-3-8-23-17-10-19-15(9-16(17)21)11-24-12-18(22)20-14-6-4-13(2)5-7-14/h4-7,9-10H,3,8,11-12H2,1-2H3,(H,19,21)(H,20,22). The van der Waals surface area contributed by atoms with Gasteiger partial charge in [-0.05, 0) is 25.5 Å². The molecule has 0 aliphatic heterocycles. The van der Waals surface area contributed by atoms with Crippen molar-refractivity contribution in [2.24, 2.45) is 0 Å². The molecule has 1 aromatic heterocycles. The third kappa shape index (κ3) is 5.77. The molecule has 0 aliphatic carbocycles. The van der Waals surface area contributed by atoms with Gasteiger partial charge in [0, 0.05) is 29.4 Å². The number of aromatic amines is 1. The summed E-state index contributed by atoms with van der Waals surface area (Å²) in [6.45, 7) is 4.51. The first kappa shape index (κ1) is 18.1. The lowest BCUT2D eigenvalue weighted by Crippen LogP contribution is -2.14. The molecular formula is C18H22N2O3S. The molecule has 0 saturated heterocycles. The first-order chi connectivity index (χ1) is 11.6. The van der Waals surface area contributed by atoms with Crippen molar-refractivity contribution < 1.29 is 9.53 Å². The Morgan fingerprint density at radius 1 is 1.29 bits per heavy atom. The number of amides is 1. The molecule has 1 heterocycles. The van der Waals surface area contributed by atoms with Crippen molar-refractivity contribution in [3.63, 3.8) is 0 Å². The number of carbonyl (C=O) groups is 1. The molecule has 128 valence electrons. The number of carbonyl (C=O) groups excluding carboxylic acids is 1. The number of H-pyrrole nitrogens is 1. The van der Waals surface area contributed by atoms with E-state index in [2.05, 4.69) is 10.3 Å². The van der Waals surface area contributed by atoms with Gasteiger partial charge in [-0.2, -0.15) is 0 Å². The summed E-state index contributed by atoms with van der Waals surface area (Å²) in [5.41, 5.74) is 2.58. The second-order valence-corrected chi connectivity index (χ2v) is 6.43. The summed E-state index contributed by atoms with van der Waals surface area (Å²) < 4.78 is 5.34. The number of benzene rings is 1. The molecule has 0 atom stereocenters. The third-order valence-electron chi connectivity index (χ3n) is 3.22. The van der Waals surface area contributed by atoms with Gasteiger partial charge < -0.3 is 15.0 Å². The fraction of sp³-hybridized carbons (Fsp3) is 0.333. The molecule has 1 amide bonds. The summed E-state index contributed by atoms with van der Waals surface area (Å²) >= 11 is 1.45. The topological polar surface area (TPSA) is 71.2 Å². The molecule has 0 saturated carbocycles. The Balaban J connectivity index is 1.79. The van der Waals surface area contributed by atoms with Crippen molar-refractivity contribution in [3.05, 3.63) is 58.0 Å². The second kappa shape index (κ2) is 9.17. The first-order valence-corrected chi connectivity index (χ1v) is 9.02. The van der Waals surface area contributed by atoms with Crippen LogP contribution in [0.25, 0.3) is 0 Å². The van der Waals surface area contributed by atoms with E-state index in [-0.39, 0.29) is 11.3 Å². The zero-order valence-corrected chi connectivity index (χ0v) is 14.7. The highest BCUT2D eigenvalue weighted by Crippen LogP contribution is 2.13. The van der Waals surface area contributed by atoms with Crippen LogP contribution in [0.2, 0.25) is 0 Å². The fourth-order valence-corrected chi connectivity index (χ4v) is 2.74. The van der Waals surface area contributed by atoms with E-state index in [1.54, 1.807) is 6.20 Å². The SMILES string of the molecule is CCCOc1c[nH]c(CSCC(=O)Nc2ccc(C)cc2)cc1=O. The largest absolute Gasteiger partial charge is 0.488 e. The van der Waals surface area contributed by atoms with Gasteiger partial charge in [-0.15, -0.1) is 11.8 Å². The predicted octanol–water partition coefficient (Wildman–Crippen LogP) is 3.34. The zero-order valence-electron chi connectivity index (χ0n) is 13.9. The van der Waals surface area contributed by atoms with Crippen LogP contribution in [0.4, 0.5) is 5.69 Å². The molecule has 2 rings (SSSR count). The molecule has 0 radical (unpaired) electrons. The van der Waals surface area contributed by atoms with Crippen LogP contribution in [0.3, 0.4) is 0 Å². The minimum atomic E-state index is -0.137. The van der Waals surface area contributed by atoms with Gasteiger partial charge in [0.25, 0.3) is 0 Å². The normalized spacial score (nSPS) is 10.4. The van der Waals surface area contributed by atoms with Gasteiger partial charge in [0.1, 0.15) is 0 Å².